The van der Waals surface area contributed by atoms with Crippen molar-refractivity contribution < 1.29 is 9.90 Å². The average Bonchev–Trinajstić information content (AvgIpc) is 2.73. The average molecular weight is 254 g/mol. The maximum atomic E-state index is 10.9. The Balaban J connectivity index is 2.33. The summed E-state index contributed by atoms with van der Waals surface area (Å²) in [6.45, 7) is 1.86. The fourth-order valence-electron chi connectivity index (χ4n) is 1.29. The molecule has 0 saturated carbocycles. The molecule has 16 heavy (non-hydrogen) atoms. The smallest absolute Gasteiger partial charge is 0.317 e. The largest absolute Gasteiger partial charge is 0.480 e. The van der Waals surface area contributed by atoms with E-state index in [0.717, 1.165) is 15.2 Å². The summed E-state index contributed by atoms with van der Waals surface area (Å²) in [6.07, 6.45) is 2.06. The van der Waals surface area contributed by atoms with Crippen LogP contribution < -0.4 is 0 Å². The Hall–Kier alpha value is -1.14. The highest BCUT2D eigenvalue weighted by molar-refractivity contribution is 8.00. The highest BCUT2D eigenvalue weighted by atomic mass is 32.2. The van der Waals surface area contributed by atoms with Crippen LogP contribution in [0.15, 0.2) is 22.8 Å². The molecule has 0 radical (unpaired) electrons. The number of thiophene rings is 1. The van der Waals surface area contributed by atoms with Gasteiger partial charge in [0, 0.05) is 0 Å². The van der Waals surface area contributed by atoms with Gasteiger partial charge in [0.25, 0.3) is 0 Å². The zero-order chi connectivity index (χ0) is 11.5. The van der Waals surface area contributed by atoms with E-state index in [-0.39, 0.29) is 0 Å². The summed E-state index contributed by atoms with van der Waals surface area (Å²) in [7, 11) is 0. The minimum atomic E-state index is -0.796. The number of hydrogen-bond donors (Lipinski definition) is 1. The lowest BCUT2D eigenvalue weighted by Gasteiger charge is -2.08. The summed E-state index contributed by atoms with van der Waals surface area (Å²) < 4.78 is 0.965. The molecule has 0 fully saturated rings. The first-order chi connectivity index (χ1) is 7.72. The molecule has 2 aromatic heterocycles. The van der Waals surface area contributed by atoms with Crippen molar-refractivity contribution in [3.8, 4) is 0 Å². The summed E-state index contributed by atoms with van der Waals surface area (Å²) in [5.41, 5.74) is 0.878. The van der Waals surface area contributed by atoms with E-state index in [9.17, 15) is 4.79 Å². The van der Waals surface area contributed by atoms with E-state index in [1.807, 2.05) is 18.4 Å². The monoisotopic (exact) mass is 254 g/mol. The number of carbonyl (C=O) groups is 1. The fourth-order valence-corrected chi connectivity index (χ4v) is 3.17. The van der Waals surface area contributed by atoms with Gasteiger partial charge in [-0.05, 0) is 17.9 Å². The lowest BCUT2D eigenvalue weighted by atomic mass is 10.3. The zero-order valence-corrected chi connectivity index (χ0v) is 10.2. The number of hydrogen-bond acceptors (Lipinski definition) is 5. The van der Waals surface area contributed by atoms with Gasteiger partial charge in [0.1, 0.15) is 16.6 Å². The van der Waals surface area contributed by atoms with Gasteiger partial charge in [-0.1, -0.05) is 18.7 Å². The molecule has 0 aliphatic heterocycles. The van der Waals surface area contributed by atoms with E-state index in [2.05, 4.69) is 9.97 Å². The zero-order valence-electron chi connectivity index (χ0n) is 8.58. The highest BCUT2D eigenvalue weighted by Crippen LogP contribution is 2.32. The van der Waals surface area contributed by atoms with Crippen LogP contribution in [0.5, 0.6) is 0 Å². The number of aromatic nitrogens is 2. The highest BCUT2D eigenvalue weighted by Gasteiger charge is 2.19. The number of carboxylic acids is 1. The molecule has 0 spiro atoms. The third-order valence-corrected chi connectivity index (χ3v) is 4.50. The standard InChI is InChI=1S/C10H10N2O2S2/c1-2-7(10(13)14)16-9-8-6(3-4-15-8)11-5-12-9/h3-5,7H,2H2,1H3,(H,13,14). The Labute approximate surface area is 101 Å². The molecular weight excluding hydrogens is 244 g/mol. The molecule has 0 bridgehead atoms. The molecule has 1 unspecified atom stereocenters. The Morgan fingerprint density at radius 1 is 1.62 bits per heavy atom. The van der Waals surface area contributed by atoms with Gasteiger partial charge in [0.2, 0.25) is 0 Å². The molecule has 1 N–H and O–H groups in total. The third-order valence-electron chi connectivity index (χ3n) is 2.11. The molecule has 0 amide bonds. The third kappa shape index (κ3) is 2.17. The van der Waals surface area contributed by atoms with Gasteiger partial charge >= 0.3 is 5.97 Å². The molecule has 0 aliphatic carbocycles. The van der Waals surface area contributed by atoms with E-state index in [0.29, 0.717) is 6.42 Å². The van der Waals surface area contributed by atoms with Crippen LogP contribution in [0.2, 0.25) is 0 Å². The van der Waals surface area contributed by atoms with E-state index < -0.39 is 11.2 Å². The van der Waals surface area contributed by atoms with Gasteiger partial charge in [-0.15, -0.1) is 11.3 Å². The van der Waals surface area contributed by atoms with Crippen LogP contribution in [0.25, 0.3) is 10.2 Å². The first-order valence-corrected chi connectivity index (χ1v) is 6.56. The summed E-state index contributed by atoms with van der Waals surface area (Å²) in [4.78, 5) is 19.2. The molecular formula is C10H10N2O2S2. The van der Waals surface area contributed by atoms with Crippen LogP contribution in [0.3, 0.4) is 0 Å². The lowest BCUT2D eigenvalue weighted by molar-refractivity contribution is -0.136. The van der Waals surface area contributed by atoms with Crippen molar-refractivity contribution in [1.29, 1.82) is 0 Å². The number of rotatable bonds is 4. The lowest BCUT2D eigenvalue weighted by Crippen LogP contribution is -2.14. The topological polar surface area (TPSA) is 63.1 Å². The molecule has 2 heterocycles. The van der Waals surface area contributed by atoms with Crippen LogP contribution >= 0.6 is 23.1 Å². The minimum Gasteiger partial charge on any atom is -0.480 e. The van der Waals surface area contributed by atoms with Crippen molar-refractivity contribution in [3.05, 3.63) is 17.8 Å². The predicted molar refractivity (Wildman–Crippen MR) is 65.0 cm³/mol. The van der Waals surface area contributed by atoms with Gasteiger partial charge in [0.05, 0.1) is 10.2 Å². The molecule has 0 aliphatic rings. The van der Waals surface area contributed by atoms with Crippen molar-refractivity contribution in [2.24, 2.45) is 0 Å². The van der Waals surface area contributed by atoms with Gasteiger partial charge < -0.3 is 5.11 Å². The normalized spacial score (nSPS) is 12.8. The number of aliphatic carboxylic acids is 1. The van der Waals surface area contributed by atoms with Crippen molar-refractivity contribution >= 4 is 39.3 Å². The fraction of sp³-hybridized carbons (Fsp3) is 0.300. The minimum absolute atomic E-state index is 0.444. The molecule has 2 aromatic rings. The second kappa shape index (κ2) is 4.80. The summed E-state index contributed by atoms with van der Waals surface area (Å²) in [5, 5.41) is 11.2. The van der Waals surface area contributed by atoms with Gasteiger partial charge in [-0.3, -0.25) is 4.79 Å². The maximum Gasteiger partial charge on any atom is 0.317 e. The summed E-state index contributed by atoms with van der Waals surface area (Å²) in [6, 6.07) is 1.91. The summed E-state index contributed by atoms with van der Waals surface area (Å²) >= 11 is 2.83. The van der Waals surface area contributed by atoms with Gasteiger partial charge in [-0.25, -0.2) is 9.97 Å². The van der Waals surface area contributed by atoms with Crippen molar-refractivity contribution in [2.45, 2.75) is 23.6 Å². The van der Waals surface area contributed by atoms with Crippen LogP contribution in [0, 0.1) is 0 Å². The molecule has 6 heteroatoms. The maximum absolute atomic E-state index is 10.9. The Morgan fingerprint density at radius 2 is 2.44 bits per heavy atom. The molecule has 84 valence electrons. The number of nitrogens with zero attached hydrogens (tertiary/aromatic N) is 2. The second-order valence-corrected chi connectivity index (χ2v) is 5.27. The molecule has 0 aromatic carbocycles. The first-order valence-electron chi connectivity index (χ1n) is 4.80. The number of thioether (sulfide) groups is 1. The van der Waals surface area contributed by atoms with Crippen LogP contribution in [0.4, 0.5) is 0 Å². The first kappa shape index (κ1) is 11.3. The van der Waals surface area contributed by atoms with E-state index in [1.165, 1.54) is 29.4 Å². The van der Waals surface area contributed by atoms with Crippen molar-refractivity contribution in [3.63, 3.8) is 0 Å². The van der Waals surface area contributed by atoms with Crippen LogP contribution in [-0.4, -0.2) is 26.3 Å². The SMILES string of the molecule is CCC(Sc1ncnc2ccsc12)C(=O)O. The number of carboxylic acid groups (broad SMARTS) is 1. The molecule has 0 saturated heterocycles. The van der Waals surface area contributed by atoms with Crippen LogP contribution in [0.1, 0.15) is 13.3 Å². The Morgan fingerprint density at radius 3 is 3.12 bits per heavy atom. The Bertz CT molecular complexity index is 512. The predicted octanol–water partition coefficient (Wildman–Crippen LogP) is 2.65. The quantitative estimate of drug-likeness (QED) is 0.671. The Kier molecular flexibility index (Phi) is 3.40. The van der Waals surface area contributed by atoms with E-state index in [1.54, 1.807) is 0 Å². The summed E-state index contributed by atoms with van der Waals surface area (Å²) in [5.74, 6) is -0.796. The van der Waals surface area contributed by atoms with E-state index in [4.69, 9.17) is 5.11 Å². The van der Waals surface area contributed by atoms with Crippen molar-refractivity contribution in [1.82, 2.24) is 9.97 Å². The van der Waals surface area contributed by atoms with Crippen LogP contribution in [-0.2, 0) is 4.79 Å². The van der Waals surface area contributed by atoms with Gasteiger partial charge in [-0.2, -0.15) is 0 Å². The van der Waals surface area contributed by atoms with E-state index >= 15 is 0 Å². The molecule has 1 atom stereocenters. The number of fused-ring (bicyclic) bond motifs is 1. The van der Waals surface area contributed by atoms with Crippen molar-refractivity contribution in [2.75, 3.05) is 0 Å². The molecule has 2 rings (SSSR count). The molecule has 4 nitrogen and oxygen atoms in total. The second-order valence-electron chi connectivity index (χ2n) is 3.17. The van der Waals surface area contributed by atoms with Gasteiger partial charge in [0.15, 0.2) is 0 Å².